The fraction of sp³-hybridized carbons (Fsp3) is 0.300. The third kappa shape index (κ3) is 6.58. The van der Waals surface area contributed by atoms with Gasteiger partial charge in [-0.2, -0.15) is 10.2 Å². The molecule has 158 valence electrons. The Balaban J connectivity index is 0.00000132. The molecule has 29 heavy (non-hydrogen) atoms. The molecular weight excluding hydrogens is 380 g/mol. The predicted octanol–water partition coefficient (Wildman–Crippen LogP) is 2.58. The summed E-state index contributed by atoms with van der Waals surface area (Å²) in [6.07, 6.45) is 2.96. The Kier molecular flexibility index (Phi) is 9.83. The standard InChI is InChI=1S/C18H20N2O6.C2H6O/c1-23-13-5-11(6-14(24-2)17(13)21)9-19-20-10-12-7-15(25-3)18(22)16(8-12)26-4;1-2-3/h5-10,21-22H,1-4H3;3H,2H2,1H3/b19-9+,20-10+;. The van der Waals surface area contributed by atoms with E-state index < -0.39 is 0 Å². The lowest BCUT2D eigenvalue weighted by molar-refractivity contribution is 0.318. The summed E-state index contributed by atoms with van der Waals surface area (Å²) < 4.78 is 20.3. The molecule has 0 heterocycles. The van der Waals surface area contributed by atoms with Gasteiger partial charge in [-0.25, -0.2) is 0 Å². The highest BCUT2D eigenvalue weighted by Gasteiger charge is 2.11. The second-order valence-corrected chi connectivity index (χ2v) is 5.35. The summed E-state index contributed by atoms with van der Waals surface area (Å²) in [4.78, 5) is 0. The van der Waals surface area contributed by atoms with Gasteiger partial charge < -0.3 is 34.3 Å². The number of ether oxygens (including phenoxy) is 4. The first kappa shape index (κ1) is 23.6. The number of aliphatic hydroxyl groups excluding tert-OH is 1. The number of aliphatic hydroxyl groups is 1. The van der Waals surface area contributed by atoms with Gasteiger partial charge in [-0.3, -0.25) is 0 Å². The van der Waals surface area contributed by atoms with E-state index in [-0.39, 0.29) is 41.1 Å². The van der Waals surface area contributed by atoms with Crippen molar-refractivity contribution in [2.75, 3.05) is 35.0 Å². The number of hydrogen-bond donors (Lipinski definition) is 3. The summed E-state index contributed by atoms with van der Waals surface area (Å²) >= 11 is 0. The molecule has 0 unspecified atom stereocenters. The van der Waals surface area contributed by atoms with Gasteiger partial charge >= 0.3 is 0 Å². The number of benzene rings is 2. The fourth-order valence-corrected chi connectivity index (χ4v) is 2.18. The van der Waals surface area contributed by atoms with Crippen LogP contribution in [-0.4, -0.2) is 62.8 Å². The van der Waals surface area contributed by atoms with E-state index in [1.54, 1.807) is 31.2 Å². The smallest absolute Gasteiger partial charge is 0.200 e. The van der Waals surface area contributed by atoms with E-state index >= 15 is 0 Å². The zero-order chi connectivity index (χ0) is 21.8. The van der Waals surface area contributed by atoms with Gasteiger partial charge in [-0.1, -0.05) is 0 Å². The molecule has 9 heteroatoms. The van der Waals surface area contributed by atoms with E-state index in [1.807, 2.05) is 0 Å². The number of hydrogen-bond acceptors (Lipinski definition) is 9. The van der Waals surface area contributed by atoms with Crippen molar-refractivity contribution in [2.45, 2.75) is 6.92 Å². The van der Waals surface area contributed by atoms with Gasteiger partial charge in [0.1, 0.15) is 0 Å². The molecule has 0 aromatic heterocycles. The Morgan fingerprint density at radius 1 is 0.690 bits per heavy atom. The minimum atomic E-state index is -0.0843. The molecule has 0 bridgehead atoms. The molecule has 0 aliphatic heterocycles. The highest BCUT2D eigenvalue weighted by Crippen LogP contribution is 2.37. The number of methoxy groups -OCH3 is 4. The van der Waals surface area contributed by atoms with Crippen LogP contribution >= 0.6 is 0 Å². The van der Waals surface area contributed by atoms with E-state index in [0.29, 0.717) is 11.1 Å². The van der Waals surface area contributed by atoms with Crippen LogP contribution in [0, 0.1) is 0 Å². The molecule has 3 N–H and O–H groups in total. The van der Waals surface area contributed by atoms with Crippen LogP contribution in [0.25, 0.3) is 0 Å². The summed E-state index contributed by atoms with van der Waals surface area (Å²) in [5, 5.41) is 35.3. The number of nitrogens with zero attached hydrogens (tertiary/aromatic N) is 2. The van der Waals surface area contributed by atoms with Crippen LogP contribution in [0.3, 0.4) is 0 Å². The topological polar surface area (TPSA) is 122 Å². The van der Waals surface area contributed by atoms with Crippen molar-refractivity contribution in [3.8, 4) is 34.5 Å². The van der Waals surface area contributed by atoms with E-state index in [1.165, 1.54) is 40.9 Å². The fourth-order valence-electron chi connectivity index (χ4n) is 2.18. The monoisotopic (exact) mass is 406 g/mol. The van der Waals surface area contributed by atoms with Crippen molar-refractivity contribution < 1.29 is 34.3 Å². The maximum absolute atomic E-state index is 9.89. The second kappa shape index (κ2) is 12.1. The molecule has 2 rings (SSSR count). The predicted molar refractivity (Wildman–Crippen MR) is 110 cm³/mol. The molecule has 0 aliphatic carbocycles. The second-order valence-electron chi connectivity index (χ2n) is 5.35. The molecule has 0 amide bonds. The van der Waals surface area contributed by atoms with Gasteiger partial charge in [0, 0.05) is 17.7 Å². The van der Waals surface area contributed by atoms with E-state index in [9.17, 15) is 10.2 Å². The molecule has 2 aromatic rings. The molecule has 0 radical (unpaired) electrons. The molecule has 0 saturated carbocycles. The molecule has 0 atom stereocenters. The lowest BCUT2D eigenvalue weighted by Crippen LogP contribution is -1.92. The van der Waals surface area contributed by atoms with Gasteiger partial charge in [0.25, 0.3) is 0 Å². The molecule has 0 fully saturated rings. The van der Waals surface area contributed by atoms with Crippen LogP contribution in [0.4, 0.5) is 0 Å². The van der Waals surface area contributed by atoms with Crippen LogP contribution in [0.15, 0.2) is 34.5 Å². The van der Waals surface area contributed by atoms with Gasteiger partial charge in [-0.05, 0) is 31.2 Å². The van der Waals surface area contributed by atoms with Crippen molar-refractivity contribution in [1.29, 1.82) is 0 Å². The Labute approximate surface area is 169 Å². The summed E-state index contributed by atoms with van der Waals surface area (Å²) in [5.74, 6) is 0.897. The van der Waals surface area contributed by atoms with Gasteiger partial charge in [0.05, 0.1) is 40.9 Å². The Morgan fingerprint density at radius 2 is 0.931 bits per heavy atom. The Bertz CT molecular complexity index is 731. The quantitative estimate of drug-likeness (QED) is 0.477. The van der Waals surface area contributed by atoms with E-state index in [4.69, 9.17) is 24.1 Å². The van der Waals surface area contributed by atoms with Gasteiger partial charge in [0.2, 0.25) is 11.5 Å². The maximum atomic E-state index is 9.89. The first-order chi connectivity index (χ1) is 13.9. The molecule has 2 aromatic carbocycles. The zero-order valence-corrected chi connectivity index (χ0v) is 17.0. The third-order valence-corrected chi connectivity index (χ3v) is 3.48. The average Bonchev–Trinajstić information content (AvgIpc) is 2.73. The molecule has 9 nitrogen and oxygen atoms in total. The lowest BCUT2D eigenvalue weighted by atomic mass is 10.2. The lowest BCUT2D eigenvalue weighted by Gasteiger charge is -2.09. The van der Waals surface area contributed by atoms with Gasteiger partial charge in [0.15, 0.2) is 23.0 Å². The number of phenolic OH excluding ortho intramolecular Hbond substituents is 2. The Morgan fingerprint density at radius 3 is 1.14 bits per heavy atom. The van der Waals surface area contributed by atoms with Crippen LogP contribution in [-0.2, 0) is 0 Å². The highest BCUT2D eigenvalue weighted by molar-refractivity contribution is 5.85. The average molecular weight is 406 g/mol. The summed E-state index contributed by atoms with van der Waals surface area (Å²) in [7, 11) is 5.77. The van der Waals surface area contributed by atoms with Crippen LogP contribution in [0.1, 0.15) is 18.1 Å². The zero-order valence-electron chi connectivity index (χ0n) is 17.0. The van der Waals surface area contributed by atoms with Gasteiger partial charge in [-0.15, -0.1) is 0 Å². The number of rotatable bonds is 7. The van der Waals surface area contributed by atoms with Crippen molar-refractivity contribution in [3.63, 3.8) is 0 Å². The maximum Gasteiger partial charge on any atom is 0.200 e. The minimum Gasteiger partial charge on any atom is -0.502 e. The molecular formula is C20H26N2O7. The van der Waals surface area contributed by atoms with E-state index in [2.05, 4.69) is 10.2 Å². The molecule has 0 aliphatic rings. The number of phenols is 2. The normalized spacial score (nSPS) is 10.6. The first-order valence-corrected chi connectivity index (χ1v) is 8.52. The summed E-state index contributed by atoms with van der Waals surface area (Å²) in [5.41, 5.74) is 1.27. The Hall–Kier alpha value is -3.46. The van der Waals surface area contributed by atoms with Crippen molar-refractivity contribution in [3.05, 3.63) is 35.4 Å². The van der Waals surface area contributed by atoms with Crippen LogP contribution in [0.5, 0.6) is 34.5 Å². The van der Waals surface area contributed by atoms with Crippen molar-refractivity contribution in [2.24, 2.45) is 10.2 Å². The van der Waals surface area contributed by atoms with Crippen molar-refractivity contribution >= 4 is 12.4 Å². The van der Waals surface area contributed by atoms with E-state index in [0.717, 1.165) is 0 Å². The van der Waals surface area contributed by atoms with Crippen molar-refractivity contribution in [1.82, 2.24) is 0 Å². The third-order valence-electron chi connectivity index (χ3n) is 3.48. The molecule has 0 spiro atoms. The molecule has 0 saturated heterocycles. The summed E-state index contributed by atoms with van der Waals surface area (Å²) in [6.45, 7) is 1.93. The SMILES string of the molecule is CCO.COc1cc(/C=N/N=C/c2cc(OC)c(O)c(OC)c2)cc(OC)c1O. The summed E-state index contributed by atoms with van der Waals surface area (Å²) in [6, 6.07) is 6.40. The number of aromatic hydroxyl groups is 2. The van der Waals surface area contributed by atoms with Crippen LogP contribution < -0.4 is 18.9 Å². The van der Waals surface area contributed by atoms with Crippen LogP contribution in [0.2, 0.25) is 0 Å². The largest absolute Gasteiger partial charge is 0.502 e. The first-order valence-electron chi connectivity index (χ1n) is 8.52. The highest BCUT2D eigenvalue weighted by atomic mass is 16.5. The minimum absolute atomic E-state index is 0.0843.